The molecule has 1 saturated heterocycles. The Morgan fingerprint density at radius 3 is 2.43 bits per heavy atom. The molecule has 1 fully saturated rings. The lowest BCUT2D eigenvalue weighted by atomic mass is 10.1. The van der Waals surface area contributed by atoms with Crippen LogP contribution in [0.1, 0.15) is 36.8 Å². The largest absolute Gasteiger partial charge is 0.490 e. The molecular formula is C25H27N3O6S. The number of carbonyl (C=O) groups excluding carboxylic acids is 1. The molecule has 184 valence electrons. The molecule has 1 N–H and O–H groups in total. The van der Waals surface area contributed by atoms with E-state index in [9.17, 15) is 13.2 Å². The van der Waals surface area contributed by atoms with Crippen LogP contribution in [0.25, 0.3) is 11.3 Å². The van der Waals surface area contributed by atoms with Crippen LogP contribution in [0.4, 0.5) is 5.69 Å². The molecule has 35 heavy (non-hydrogen) atoms. The molecule has 3 heterocycles. The van der Waals surface area contributed by atoms with Crippen molar-refractivity contribution in [2.45, 2.75) is 50.4 Å². The Bertz CT molecular complexity index is 1340. The Hall–Kier alpha value is -3.21. The molecule has 10 heteroatoms. The number of fused-ring (bicyclic) bond motifs is 1. The number of aromatic nitrogens is 1. The van der Waals surface area contributed by atoms with Crippen molar-refractivity contribution in [3.05, 3.63) is 59.8 Å². The second kappa shape index (κ2) is 9.10. The third kappa shape index (κ3) is 4.82. The maximum absolute atomic E-state index is 13.0. The number of sulfonamides is 1. The zero-order valence-electron chi connectivity index (χ0n) is 19.7. The Balaban J connectivity index is 1.26. The maximum Gasteiger partial charge on any atom is 0.277 e. The van der Waals surface area contributed by atoms with Crippen LogP contribution < -0.4 is 10.1 Å². The molecule has 0 radical (unpaired) electrons. The van der Waals surface area contributed by atoms with Crippen LogP contribution in [-0.4, -0.2) is 55.2 Å². The topological polar surface area (TPSA) is 111 Å². The molecule has 0 spiro atoms. The van der Waals surface area contributed by atoms with Gasteiger partial charge in [-0.3, -0.25) is 4.79 Å². The smallest absolute Gasteiger partial charge is 0.277 e. The van der Waals surface area contributed by atoms with E-state index >= 15 is 0 Å². The van der Waals surface area contributed by atoms with Gasteiger partial charge >= 0.3 is 0 Å². The number of hydrogen-bond acceptors (Lipinski definition) is 7. The van der Waals surface area contributed by atoms with Gasteiger partial charge in [0.15, 0.2) is 11.5 Å². The van der Waals surface area contributed by atoms with Crippen LogP contribution in [0.2, 0.25) is 0 Å². The summed E-state index contributed by atoms with van der Waals surface area (Å²) in [6.07, 6.45) is 0.611. The number of hydrogen-bond donors (Lipinski definition) is 1. The van der Waals surface area contributed by atoms with Crippen LogP contribution >= 0.6 is 0 Å². The first-order valence-corrected chi connectivity index (χ1v) is 13.0. The van der Waals surface area contributed by atoms with Crippen molar-refractivity contribution in [1.82, 2.24) is 9.46 Å². The quantitative estimate of drug-likeness (QED) is 0.572. The molecule has 0 bridgehead atoms. The lowest BCUT2D eigenvalue weighted by molar-refractivity contribution is -0.0440. The average molecular weight is 498 g/mol. The highest BCUT2D eigenvalue weighted by atomic mass is 32.2. The molecule has 2 aliphatic rings. The van der Waals surface area contributed by atoms with Crippen LogP contribution in [0.15, 0.2) is 57.9 Å². The first-order valence-electron chi connectivity index (χ1n) is 11.5. The number of rotatable bonds is 5. The summed E-state index contributed by atoms with van der Waals surface area (Å²) >= 11 is 0. The molecule has 5 rings (SSSR count). The number of nitrogens with zero attached hydrogens (tertiary/aromatic N) is 2. The number of amides is 1. The van der Waals surface area contributed by atoms with E-state index in [0.29, 0.717) is 24.5 Å². The van der Waals surface area contributed by atoms with Crippen molar-refractivity contribution in [2.75, 3.05) is 18.4 Å². The molecule has 1 amide bonds. The molecule has 1 aromatic heterocycles. The molecule has 3 aromatic rings. The van der Waals surface area contributed by atoms with Gasteiger partial charge in [0.2, 0.25) is 10.0 Å². The summed E-state index contributed by atoms with van der Waals surface area (Å²) < 4.78 is 44.2. The molecular weight excluding hydrogens is 470 g/mol. The minimum Gasteiger partial charge on any atom is -0.490 e. The number of benzene rings is 2. The van der Waals surface area contributed by atoms with Gasteiger partial charge in [0, 0.05) is 36.8 Å². The number of ether oxygens (including phenoxy) is 2. The van der Waals surface area contributed by atoms with E-state index in [1.807, 2.05) is 39.0 Å². The Morgan fingerprint density at radius 1 is 1.00 bits per heavy atom. The summed E-state index contributed by atoms with van der Waals surface area (Å²) in [4.78, 5) is 12.9. The molecule has 0 saturated carbocycles. The van der Waals surface area contributed by atoms with Crippen molar-refractivity contribution < 1.29 is 27.2 Å². The van der Waals surface area contributed by atoms with Gasteiger partial charge in [-0.05, 0) is 68.8 Å². The first kappa shape index (κ1) is 23.5. The third-order valence-electron chi connectivity index (χ3n) is 6.06. The predicted molar refractivity (Wildman–Crippen MR) is 129 cm³/mol. The van der Waals surface area contributed by atoms with Crippen LogP contribution in [0.3, 0.4) is 0 Å². The van der Waals surface area contributed by atoms with Crippen molar-refractivity contribution >= 4 is 21.6 Å². The second-order valence-electron chi connectivity index (χ2n) is 9.09. The highest BCUT2D eigenvalue weighted by Crippen LogP contribution is 2.33. The van der Waals surface area contributed by atoms with E-state index in [1.54, 1.807) is 18.2 Å². The van der Waals surface area contributed by atoms with Crippen molar-refractivity contribution in [3.8, 4) is 17.1 Å². The predicted octanol–water partition coefficient (Wildman–Crippen LogP) is 3.72. The minimum atomic E-state index is -3.66. The normalized spacial score (nSPS) is 22.4. The molecule has 2 aliphatic heterocycles. The average Bonchev–Trinajstić information content (AvgIpc) is 3.44. The van der Waals surface area contributed by atoms with Gasteiger partial charge in [-0.15, -0.1) is 0 Å². The van der Waals surface area contributed by atoms with E-state index in [0.717, 1.165) is 23.3 Å². The van der Waals surface area contributed by atoms with Crippen molar-refractivity contribution in [2.24, 2.45) is 0 Å². The van der Waals surface area contributed by atoms with Gasteiger partial charge in [-0.25, -0.2) is 8.42 Å². The molecule has 2 aromatic carbocycles. The van der Waals surface area contributed by atoms with E-state index < -0.39 is 15.9 Å². The van der Waals surface area contributed by atoms with Gasteiger partial charge in [0.05, 0.1) is 17.1 Å². The summed E-state index contributed by atoms with van der Waals surface area (Å²) in [5, 5.41) is 6.63. The molecule has 9 nitrogen and oxygen atoms in total. The van der Waals surface area contributed by atoms with Crippen molar-refractivity contribution in [3.63, 3.8) is 0 Å². The Labute approximate surface area is 204 Å². The highest BCUT2D eigenvalue weighted by Gasteiger charge is 2.32. The van der Waals surface area contributed by atoms with Crippen molar-refractivity contribution in [1.29, 1.82) is 0 Å². The van der Waals surface area contributed by atoms with Gasteiger partial charge in [0.25, 0.3) is 5.91 Å². The van der Waals surface area contributed by atoms with Crippen LogP contribution in [-0.2, 0) is 21.2 Å². The number of anilines is 1. The fourth-order valence-corrected chi connectivity index (χ4v) is 6.07. The van der Waals surface area contributed by atoms with E-state index in [4.69, 9.17) is 14.0 Å². The summed E-state index contributed by atoms with van der Waals surface area (Å²) in [6, 6.07) is 13.4. The monoisotopic (exact) mass is 497 g/mol. The Morgan fingerprint density at radius 2 is 1.71 bits per heavy atom. The fourth-order valence-electron chi connectivity index (χ4n) is 4.47. The fraction of sp³-hybridized carbons (Fsp3) is 0.360. The summed E-state index contributed by atoms with van der Waals surface area (Å²) in [5.41, 5.74) is 2.48. The maximum atomic E-state index is 13.0. The zero-order chi connectivity index (χ0) is 24.7. The van der Waals surface area contributed by atoms with Gasteiger partial charge in [-0.1, -0.05) is 5.16 Å². The molecule has 3 atom stereocenters. The summed E-state index contributed by atoms with van der Waals surface area (Å²) in [7, 11) is -3.66. The minimum absolute atomic E-state index is 0.123. The van der Waals surface area contributed by atoms with Crippen LogP contribution in [0.5, 0.6) is 5.75 Å². The van der Waals surface area contributed by atoms with E-state index in [-0.39, 0.29) is 28.9 Å². The van der Waals surface area contributed by atoms with E-state index in [2.05, 4.69) is 10.5 Å². The van der Waals surface area contributed by atoms with Gasteiger partial charge in [-0.2, -0.15) is 4.31 Å². The molecule has 0 aliphatic carbocycles. The lowest BCUT2D eigenvalue weighted by Gasteiger charge is -2.34. The zero-order valence-corrected chi connectivity index (χ0v) is 20.5. The summed E-state index contributed by atoms with van der Waals surface area (Å²) in [6.45, 7) is 6.32. The summed E-state index contributed by atoms with van der Waals surface area (Å²) in [5.74, 6) is 0.888. The van der Waals surface area contributed by atoms with Gasteiger partial charge < -0.3 is 19.3 Å². The van der Waals surface area contributed by atoms with Crippen LogP contribution in [0, 0.1) is 0 Å². The number of nitrogens with one attached hydrogen (secondary N) is 1. The SMILES string of the molecule is C[C@@H]1CN(S(=O)(=O)c2ccc(NC(=O)c3cc(-c4ccc5c(c4)C[C@H](C)O5)on3)cc2)C[C@@H](C)O1. The Kier molecular flexibility index (Phi) is 6.12. The first-order chi connectivity index (χ1) is 16.7. The number of morpholine rings is 1. The van der Waals surface area contributed by atoms with Gasteiger partial charge in [0.1, 0.15) is 11.9 Å². The number of carbonyl (C=O) groups is 1. The highest BCUT2D eigenvalue weighted by molar-refractivity contribution is 7.89. The third-order valence-corrected chi connectivity index (χ3v) is 7.91. The second-order valence-corrected chi connectivity index (χ2v) is 11.0. The standard InChI is InChI=1S/C25H27N3O6S/c1-15-10-19-11-18(4-9-23(19)33-15)24-12-22(27-34-24)25(29)26-20-5-7-21(8-6-20)35(30,31)28-13-16(2)32-17(3)14-28/h4-9,11-12,15-17H,10,13-14H2,1-3H3,(H,26,29)/t15-,16+,17+/m0/s1. The lowest BCUT2D eigenvalue weighted by Crippen LogP contribution is -2.48. The van der Waals surface area contributed by atoms with E-state index in [1.165, 1.54) is 16.4 Å². The molecule has 0 unspecified atom stereocenters.